The number of ether oxygens (including phenoxy) is 10. The lowest BCUT2D eigenvalue weighted by Gasteiger charge is -2.52. The average Bonchev–Trinajstić information content (AvgIpc) is 3.35. The van der Waals surface area contributed by atoms with Gasteiger partial charge in [-0.05, 0) is 13.8 Å². The van der Waals surface area contributed by atoms with Gasteiger partial charge < -0.3 is 139 Å². The van der Waals surface area contributed by atoms with Gasteiger partial charge in [0.05, 0.1) is 63.6 Å². The number of carboxylic acids is 2. The predicted octanol–water partition coefficient (Wildman–Crippen LogP) is -9.39. The fraction of sp³-hybridized carbons (Fsp3) is 0.930. The molecule has 5 rings (SSSR count). The maximum Gasteiger partial charge on any atom is 0.364 e. The molecule has 0 aromatic carbocycles. The summed E-state index contributed by atoms with van der Waals surface area (Å²) in [7, 11) is 0. The Morgan fingerprint density at radius 3 is 1.62 bits per heavy atom. The monoisotopic (exact) mass is 1080 g/mol. The van der Waals surface area contributed by atoms with E-state index in [-0.39, 0.29) is 0 Å². The van der Waals surface area contributed by atoms with Crippen LogP contribution >= 0.6 is 0 Å². The first-order valence-electron chi connectivity index (χ1n) is 23.9. The van der Waals surface area contributed by atoms with Crippen LogP contribution in [0.1, 0.15) is 47.5 Å². The van der Waals surface area contributed by atoms with E-state index in [2.05, 4.69) is 5.32 Å². The summed E-state index contributed by atoms with van der Waals surface area (Å²) in [5, 5.41) is 186. The highest BCUT2D eigenvalue weighted by Gasteiger charge is 2.62. The van der Waals surface area contributed by atoms with E-state index in [0.29, 0.717) is 0 Å². The molecule has 0 aliphatic carbocycles. The zero-order chi connectivity index (χ0) is 55.5. The minimum atomic E-state index is -3.31. The summed E-state index contributed by atoms with van der Waals surface area (Å²) in [5.41, 5.74) is 0. The molecule has 5 heterocycles. The number of hydrogen-bond acceptors (Lipinski definition) is 28. The molecule has 0 aromatic rings. The molecule has 430 valence electrons. The van der Waals surface area contributed by atoms with E-state index in [4.69, 9.17) is 47.4 Å². The number of amides is 1. The van der Waals surface area contributed by atoms with Crippen LogP contribution in [0.25, 0.3) is 0 Å². The van der Waals surface area contributed by atoms with Crippen molar-refractivity contribution in [2.45, 2.75) is 206 Å². The van der Waals surface area contributed by atoms with Gasteiger partial charge >= 0.3 is 11.9 Å². The molecule has 0 radical (unpaired) electrons. The normalized spacial score (nSPS) is 44.8. The Morgan fingerprint density at radius 1 is 0.608 bits per heavy atom. The van der Waals surface area contributed by atoms with Crippen molar-refractivity contribution in [2.75, 3.05) is 33.0 Å². The highest BCUT2D eigenvalue weighted by molar-refractivity contribution is 5.76. The SMILES string of the molecule is CC(=O)NC1C(OC2C(CO)OC(OC3C(CO)OC(OC(C)C)C(O)C3O)C(O)C2OC2(C(=O)O)CC(O)C(C)C([C@H](O)C(CO)OC3(C(=O)O)CC(O)C(C)C([C@H](O)[C@H](O)CO)O3)O2)OC(CO)C(O)C1O. The van der Waals surface area contributed by atoms with E-state index in [1.165, 1.54) is 13.8 Å². The fourth-order valence-electron chi connectivity index (χ4n) is 9.57. The molecule has 27 atom stereocenters. The van der Waals surface area contributed by atoms with Crippen molar-refractivity contribution in [3.8, 4) is 0 Å². The van der Waals surface area contributed by atoms with Crippen LogP contribution in [0.2, 0.25) is 0 Å². The Morgan fingerprint density at radius 2 is 1.11 bits per heavy atom. The first kappa shape index (κ1) is 62.3. The Bertz CT molecular complexity index is 1820. The molecule has 31 nitrogen and oxygen atoms in total. The average molecular weight is 1080 g/mol. The second kappa shape index (κ2) is 25.9. The van der Waals surface area contributed by atoms with Crippen LogP contribution < -0.4 is 5.32 Å². The van der Waals surface area contributed by atoms with Gasteiger partial charge in [-0.15, -0.1) is 0 Å². The zero-order valence-electron chi connectivity index (χ0n) is 40.9. The third-order valence-corrected chi connectivity index (χ3v) is 13.8. The highest BCUT2D eigenvalue weighted by atomic mass is 16.8. The van der Waals surface area contributed by atoms with E-state index in [9.17, 15) is 101 Å². The summed E-state index contributed by atoms with van der Waals surface area (Å²) >= 11 is 0. The van der Waals surface area contributed by atoms with E-state index >= 15 is 0 Å². The maximum absolute atomic E-state index is 13.6. The lowest BCUT2D eigenvalue weighted by atomic mass is 9.83. The molecule has 18 N–H and O–H groups in total. The lowest BCUT2D eigenvalue weighted by Crippen LogP contribution is -2.70. The van der Waals surface area contributed by atoms with Crippen molar-refractivity contribution in [3.05, 3.63) is 0 Å². The second-order valence-corrected chi connectivity index (χ2v) is 19.4. The van der Waals surface area contributed by atoms with Crippen LogP contribution in [-0.2, 0) is 61.8 Å². The molecular weight excluding hydrogens is 1010 g/mol. The van der Waals surface area contributed by atoms with Crippen LogP contribution in [0, 0.1) is 11.8 Å². The quantitative estimate of drug-likeness (QED) is 0.0479. The van der Waals surface area contributed by atoms with Gasteiger partial charge in [-0.3, -0.25) is 4.79 Å². The fourth-order valence-corrected chi connectivity index (χ4v) is 9.57. The van der Waals surface area contributed by atoms with Gasteiger partial charge in [0.2, 0.25) is 5.91 Å². The second-order valence-electron chi connectivity index (χ2n) is 19.4. The number of nitrogens with one attached hydrogen (secondary N) is 1. The molecule has 0 bridgehead atoms. The van der Waals surface area contributed by atoms with Crippen molar-refractivity contribution in [2.24, 2.45) is 11.8 Å². The third kappa shape index (κ3) is 13.1. The number of aliphatic hydroxyl groups excluding tert-OH is 15. The first-order valence-corrected chi connectivity index (χ1v) is 23.9. The van der Waals surface area contributed by atoms with Gasteiger partial charge in [-0.25, -0.2) is 9.59 Å². The van der Waals surface area contributed by atoms with E-state index < -0.39 is 234 Å². The number of carbonyl (C=O) groups excluding carboxylic acids is 1. The molecule has 5 fully saturated rings. The standard InChI is InChI=1S/C43H73NO30/c1-13(2)65-38-30(59)29(58)34(22(11-48)67-38)69-39-31(60)36(35(23(12-49)68-39)70-37-24(44-16(5)50)28(57)26(55)20(9-46)66-37)74-43(41(63)64)7-18(52)15(4)33(73-43)27(56)21(10-47)71-42(40(61)62)6-17(51)14(3)32(72-42)25(54)19(53)8-45/h13-15,17-39,45-49,51-60H,6-12H2,1-5H3,(H,44,50)(H,61,62)(H,63,64)/t14?,15?,17?,18?,19-,20?,21?,22?,23?,24?,25-,26?,27-,28?,29?,30?,31?,32?,33?,34?,35?,36?,37?,38?,39?,42?,43?/m1/s1. The van der Waals surface area contributed by atoms with Crippen molar-refractivity contribution in [1.29, 1.82) is 0 Å². The molecular formula is C43H73NO30. The molecule has 5 aliphatic rings. The van der Waals surface area contributed by atoms with Crippen molar-refractivity contribution < 1.29 is 149 Å². The van der Waals surface area contributed by atoms with Gasteiger partial charge in [-0.2, -0.15) is 0 Å². The summed E-state index contributed by atoms with van der Waals surface area (Å²) in [6.45, 7) is 1.27. The largest absolute Gasteiger partial charge is 0.477 e. The number of aliphatic hydroxyl groups is 15. The summed E-state index contributed by atoms with van der Waals surface area (Å²) in [6.07, 6.45) is -45.9. The summed E-state index contributed by atoms with van der Waals surface area (Å²) in [5.74, 6) is -13.8. The topological polar surface area (TPSA) is 499 Å². The molecule has 24 unspecified atom stereocenters. The molecule has 1 amide bonds. The smallest absolute Gasteiger partial charge is 0.364 e. The van der Waals surface area contributed by atoms with Gasteiger partial charge in [0, 0.05) is 31.6 Å². The van der Waals surface area contributed by atoms with Gasteiger partial charge in [0.15, 0.2) is 18.9 Å². The van der Waals surface area contributed by atoms with Crippen LogP contribution in [0.3, 0.4) is 0 Å². The molecule has 74 heavy (non-hydrogen) atoms. The molecule has 0 saturated carbocycles. The van der Waals surface area contributed by atoms with E-state index in [0.717, 1.165) is 6.92 Å². The van der Waals surface area contributed by atoms with Gasteiger partial charge in [0.25, 0.3) is 11.6 Å². The number of carbonyl (C=O) groups is 3. The Hall–Kier alpha value is -2.59. The number of carboxylic acid groups (broad SMARTS) is 2. The van der Waals surface area contributed by atoms with Crippen molar-refractivity contribution >= 4 is 17.8 Å². The third-order valence-electron chi connectivity index (χ3n) is 13.8. The Balaban J connectivity index is 1.56. The maximum atomic E-state index is 13.6. The molecule has 5 saturated heterocycles. The number of rotatable bonds is 22. The first-order chi connectivity index (χ1) is 34.7. The summed E-state index contributed by atoms with van der Waals surface area (Å²) < 4.78 is 58.1. The minimum absolute atomic E-state index is 0.572. The predicted molar refractivity (Wildman–Crippen MR) is 233 cm³/mol. The molecule has 5 aliphatic heterocycles. The van der Waals surface area contributed by atoms with E-state index in [1.807, 2.05) is 0 Å². The van der Waals surface area contributed by atoms with Crippen LogP contribution in [0.15, 0.2) is 0 Å². The van der Waals surface area contributed by atoms with Crippen molar-refractivity contribution in [1.82, 2.24) is 5.32 Å². The zero-order valence-corrected chi connectivity index (χ0v) is 40.9. The number of hydrogen-bond donors (Lipinski definition) is 18. The summed E-state index contributed by atoms with van der Waals surface area (Å²) in [6, 6.07) is -1.74. The molecule has 0 spiro atoms. The van der Waals surface area contributed by atoms with Crippen LogP contribution in [-0.4, -0.2) is 296 Å². The molecule has 31 heteroatoms. The number of aliphatic carboxylic acids is 2. The Kier molecular flexibility index (Phi) is 21.8. The minimum Gasteiger partial charge on any atom is -0.477 e. The highest BCUT2D eigenvalue weighted by Crippen LogP contribution is 2.43. The van der Waals surface area contributed by atoms with E-state index in [1.54, 1.807) is 13.8 Å². The summed E-state index contributed by atoms with van der Waals surface area (Å²) in [4.78, 5) is 38.9. The Labute approximate surface area is 422 Å². The van der Waals surface area contributed by atoms with Gasteiger partial charge in [0.1, 0.15) is 97.6 Å². The van der Waals surface area contributed by atoms with Gasteiger partial charge in [-0.1, -0.05) is 13.8 Å². The lowest BCUT2D eigenvalue weighted by molar-refractivity contribution is -0.404. The van der Waals surface area contributed by atoms with Crippen LogP contribution in [0.4, 0.5) is 0 Å². The van der Waals surface area contributed by atoms with Crippen molar-refractivity contribution in [3.63, 3.8) is 0 Å². The molecule has 0 aromatic heterocycles. The van der Waals surface area contributed by atoms with Crippen LogP contribution in [0.5, 0.6) is 0 Å².